The van der Waals surface area contributed by atoms with Crippen LogP contribution in [0.3, 0.4) is 0 Å². The first-order valence-electron chi connectivity index (χ1n) is 9.87. The number of hydrogen-bond acceptors (Lipinski definition) is 7. The number of halogens is 1. The van der Waals surface area contributed by atoms with E-state index in [0.29, 0.717) is 17.2 Å². The lowest BCUT2D eigenvalue weighted by atomic mass is 9.72. The topological polar surface area (TPSA) is 126 Å². The molecule has 9 nitrogen and oxygen atoms in total. The molecule has 0 spiro atoms. The first-order chi connectivity index (χ1) is 15.1. The van der Waals surface area contributed by atoms with Crippen molar-refractivity contribution in [3.63, 3.8) is 0 Å². The van der Waals surface area contributed by atoms with Gasteiger partial charge in [-0.15, -0.1) is 0 Å². The van der Waals surface area contributed by atoms with E-state index in [-0.39, 0.29) is 22.9 Å². The maximum atomic E-state index is 13.3. The van der Waals surface area contributed by atoms with Gasteiger partial charge in [-0.2, -0.15) is 10.4 Å². The van der Waals surface area contributed by atoms with Crippen molar-refractivity contribution in [2.45, 2.75) is 37.6 Å². The maximum Gasteiger partial charge on any atom is 0.263 e. The molecule has 0 saturated heterocycles. The number of nitrogens with one attached hydrogen (secondary N) is 1. The summed E-state index contributed by atoms with van der Waals surface area (Å²) in [6.45, 7) is 1.81. The number of rotatable bonds is 4. The van der Waals surface area contributed by atoms with Gasteiger partial charge in [-0.1, -0.05) is 0 Å². The molecule has 4 heterocycles. The molecular weight excluding hydrogens is 399 g/mol. The second kappa shape index (κ2) is 7.36. The number of fused-ring (bicyclic) bond motifs is 1. The number of aromatic nitrogens is 7. The van der Waals surface area contributed by atoms with Crippen LogP contribution in [0.1, 0.15) is 60.7 Å². The summed E-state index contributed by atoms with van der Waals surface area (Å²) in [5.41, 5.74) is 0.411. The fourth-order valence-electron chi connectivity index (χ4n) is 3.98. The third-order valence-corrected chi connectivity index (χ3v) is 5.77. The van der Waals surface area contributed by atoms with E-state index < -0.39 is 17.4 Å². The van der Waals surface area contributed by atoms with Gasteiger partial charge in [-0.05, 0) is 38.0 Å². The van der Waals surface area contributed by atoms with Crippen LogP contribution in [-0.4, -0.2) is 34.7 Å². The van der Waals surface area contributed by atoms with Gasteiger partial charge in [0.1, 0.15) is 28.9 Å². The number of nitriles is 1. The van der Waals surface area contributed by atoms with Crippen LogP contribution in [0, 0.1) is 17.1 Å². The zero-order chi connectivity index (χ0) is 21.5. The fourth-order valence-corrected chi connectivity index (χ4v) is 3.98. The minimum Gasteiger partial charge on any atom is -0.310 e. The Hall–Kier alpha value is -4.00. The molecule has 4 aromatic heterocycles. The van der Waals surface area contributed by atoms with E-state index in [0.717, 1.165) is 24.9 Å². The SMILES string of the molecule is CC(c1ccc(F)cn1)n1nc(C#N)c2c(=O)[nH]c([C@@H]3CC[C@H]3c3ncccn3)nc21. The average molecular weight is 416 g/mol. The third-order valence-electron chi connectivity index (χ3n) is 5.77. The number of hydrogen-bond donors (Lipinski definition) is 1. The van der Waals surface area contributed by atoms with Crippen molar-refractivity contribution in [1.29, 1.82) is 5.26 Å². The number of nitrogens with zero attached hydrogens (tertiary/aromatic N) is 7. The number of H-pyrrole nitrogens is 1. The summed E-state index contributed by atoms with van der Waals surface area (Å²) < 4.78 is 14.8. The fraction of sp³-hybridized carbons (Fsp3) is 0.286. The molecule has 0 bridgehead atoms. The Labute approximate surface area is 175 Å². The van der Waals surface area contributed by atoms with Crippen molar-refractivity contribution in [2.24, 2.45) is 0 Å². The van der Waals surface area contributed by atoms with Crippen LogP contribution in [0.25, 0.3) is 11.0 Å². The molecule has 0 amide bonds. The molecule has 154 valence electrons. The minimum absolute atomic E-state index is 0.0131. The lowest BCUT2D eigenvalue weighted by Crippen LogP contribution is -2.28. The predicted molar refractivity (Wildman–Crippen MR) is 108 cm³/mol. The maximum absolute atomic E-state index is 13.3. The molecule has 0 aromatic carbocycles. The molecule has 1 fully saturated rings. The second-order valence-corrected chi connectivity index (χ2v) is 7.53. The molecular formula is C21H17FN8O. The van der Waals surface area contributed by atoms with Crippen LogP contribution in [-0.2, 0) is 0 Å². The average Bonchev–Trinajstić information content (AvgIpc) is 3.13. The van der Waals surface area contributed by atoms with Crippen molar-refractivity contribution in [3.8, 4) is 6.07 Å². The van der Waals surface area contributed by atoms with Gasteiger partial charge < -0.3 is 4.98 Å². The van der Waals surface area contributed by atoms with E-state index in [1.54, 1.807) is 31.5 Å². The normalized spacial score (nSPS) is 19.0. The van der Waals surface area contributed by atoms with Gasteiger partial charge in [0.2, 0.25) is 0 Å². The largest absolute Gasteiger partial charge is 0.310 e. The van der Waals surface area contributed by atoms with Crippen molar-refractivity contribution < 1.29 is 4.39 Å². The molecule has 1 aliphatic rings. The molecule has 31 heavy (non-hydrogen) atoms. The van der Waals surface area contributed by atoms with E-state index >= 15 is 0 Å². The Balaban J connectivity index is 1.61. The van der Waals surface area contributed by atoms with Gasteiger partial charge in [-0.25, -0.2) is 24.0 Å². The van der Waals surface area contributed by atoms with Crippen LogP contribution in [0.15, 0.2) is 41.6 Å². The van der Waals surface area contributed by atoms with E-state index in [1.165, 1.54) is 10.7 Å². The highest BCUT2D eigenvalue weighted by Crippen LogP contribution is 2.46. The molecule has 5 rings (SSSR count). The van der Waals surface area contributed by atoms with Crippen LogP contribution >= 0.6 is 0 Å². The summed E-state index contributed by atoms with van der Waals surface area (Å²) in [6, 6.07) is 6.12. The minimum atomic E-state index is -0.456. The highest BCUT2D eigenvalue weighted by molar-refractivity contribution is 5.80. The summed E-state index contributed by atoms with van der Waals surface area (Å²) >= 11 is 0. The van der Waals surface area contributed by atoms with E-state index in [9.17, 15) is 14.4 Å². The van der Waals surface area contributed by atoms with Crippen molar-refractivity contribution in [1.82, 2.24) is 34.7 Å². The lowest BCUT2D eigenvalue weighted by molar-refractivity contribution is 0.318. The Morgan fingerprint density at radius 2 is 2.00 bits per heavy atom. The van der Waals surface area contributed by atoms with E-state index in [2.05, 4.69) is 25.0 Å². The lowest BCUT2D eigenvalue weighted by Gasteiger charge is -2.34. The van der Waals surface area contributed by atoms with Crippen molar-refractivity contribution >= 4 is 11.0 Å². The monoisotopic (exact) mass is 416 g/mol. The molecule has 1 N–H and O–H groups in total. The number of aromatic amines is 1. The van der Waals surface area contributed by atoms with E-state index in [4.69, 9.17) is 4.98 Å². The van der Waals surface area contributed by atoms with Gasteiger partial charge in [0.05, 0.1) is 17.9 Å². The molecule has 0 aliphatic heterocycles. The molecule has 0 radical (unpaired) electrons. The Kier molecular flexibility index (Phi) is 4.51. The summed E-state index contributed by atoms with van der Waals surface area (Å²) in [7, 11) is 0. The third kappa shape index (κ3) is 3.15. The Morgan fingerprint density at radius 3 is 2.65 bits per heavy atom. The second-order valence-electron chi connectivity index (χ2n) is 7.53. The van der Waals surface area contributed by atoms with Gasteiger partial charge >= 0.3 is 0 Å². The first-order valence-corrected chi connectivity index (χ1v) is 9.87. The van der Waals surface area contributed by atoms with E-state index in [1.807, 2.05) is 6.07 Å². The van der Waals surface area contributed by atoms with Crippen molar-refractivity contribution in [2.75, 3.05) is 0 Å². The van der Waals surface area contributed by atoms with Crippen molar-refractivity contribution in [3.05, 3.63) is 76.0 Å². The summed E-state index contributed by atoms with van der Waals surface area (Å²) in [6.07, 6.45) is 6.25. The van der Waals surface area contributed by atoms with Gasteiger partial charge in [0, 0.05) is 24.2 Å². The van der Waals surface area contributed by atoms with Gasteiger partial charge in [0.15, 0.2) is 11.3 Å². The van der Waals surface area contributed by atoms with Gasteiger partial charge in [0.25, 0.3) is 5.56 Å². The zero-order valence-corrected chi connectivity index (χ0v) is 16.5. The van der Waals surface area contributed by atoms with Crippen LogP contribution in [0.2, 0.25) is 0 Å². The Morgan fingerprint density at radius 1 is 1.23 bits per heavy atom. The summed E-state index contributed by atoms with van der Waals surface area (Å²) in [5, 5.41) is 13.9. The Bertz CT molecular complexity index is 1360. The highest BCUT2D eigenvalue weighted by atomic mass is 19.1. The smallest absolute Gasteiger partial charge is 0.263 e. The molecule has 1 unspecified atom stereocenters. The first kappa shape index (κ1) is 19.0. The van der Waals surface area contributed by atoms with Crippen LogP contribution in [0.4, 0.5) is 4.39 Å². The molecule has 1 aliphatic carbocycles. The zero-order valence-electron chi connectivity index (χ0n) is 16.5. The van der Waals surface area contributed by atoms with Crippen LogP contribution in [0.5, 0.6) is 0 Å². The van der Waals surface area contributed by atoms with Crippen LogP contribution < -0.4 is 5.56 Å². The molecule has 10 heteroatoms. The summed E-state index contributed by atoms with van der Waals surface area (Å²) in [5.74, 6) is 0.815. The molecule has 1 saturated carbocycles. The quantitative estimate of drug-likeness (QED) is 0.542. The van der Waals surface area contributed by atoms with Gasteiger partial charge in [-0.3, -0.25) is 9.78 Å². The predicted octanol–water partition coefficient (Wildman–Crippen LogP) is 2.59. The molecule has 3 atom stereocenters. The highest BCUT2D eigenvalue weighted by Gasteiger charge is 2.37. The number of pyridine rings is 1. The summed E-state index contributed by atoms with van der Waals surface area (Å²) in [4.78, 5) is 33.2. The standard InChI is InChI=1S/C21H17FN8O/c1-11(15-6-3-12(22)10-26-15)30-20-17(16(9-23)29-30)21(31)28-19(27-20)14-5-4-13(14)18-24-7-2-8-25-18/h2-3,6-8,10-11,13-14H,4-5H2,1H3,(H,27,28,31)/t11?,13-,14-/m1/s1. The molecule has 4 aromatic rings.